The zero-order valence-corrected chi connectivity index (χ0v) is 16.4. The number of esters is 1. The third kappa shape index (κ3) is 4.84. The van der Waals surface area contributed by atoms with Crippen molar-refractivity contribution in [3.8, 4) is 0 Å². The summed E-state index contributed by atoms with van der Waals surface area (Å²) in [6.45, 7) is 3.31. The second-order valence-corrected chi connectivity index (χ2v) is 7.44. The van der Waals surface area contributed by atoms with Crippen LogP contribution in [0.1, 0.15) is 38.0 Å². The number of carbonyl (C=O) groups is 2. The zero-order chi connectivity index (χ0) is 20.1. The first-order chi connectivity index (χ1) is 13.4. The highest BCUT2D eigenvalue weighted by Crippen LogP contribution is 2.26. The van der Waals surface area contributed by atoms with Gasteiger partial charge >= 0.3 is 5.97 Å². The van der Waals surface area contributed by atoms with E-state index in [9.17, 15) is 14.0 Å². The molecule has 0 spiro atoms. The van der Waals surface area contributed by atoms with Crippen molar-refractivity contribution in [2.24, 2.45) is 0 Å². The highest BCUT2D eigenvalue weighted by molar-refractivity contribution is 7.10. The van der Waals surface area contributed by atoms with Crippen molar-refractivity contribution >= 4 is 23.2 Å². The molecule has 1 amide bonds. The van der Waals surface area contributed by atoms with Crippen LogP contribution in [0, 0.1) is 19.7 Å². The van der Waals surface area contributed by atoms with Crippen LogP contribution >= 0.6 is 11.3 Å². The molecule has 0 aliphatic rings. The Morgan fingerprint density at radius 3 is 2.54 bits per heavy atom. The SMILES string of the molecule is Cc1ccc(C)c(C(=O)OCC(=O)N[C@H](c2ccc(F)cc2)c2cccs2)c1. The van der Waals surface area contributed by atoms with E-state index in [2.05, 4.69) is 5.32 Å². The summed E-state index contributed by atoms with van der Waals surface area (Å²) in [6, 6.07) is 14.8. The molecule has 1 N–H and O–H groups in total. The lowest BCUT2D eigenvalue weighted by Gasteiger charge is -2.18. The number of carbonyl (C=O) groups excluding carboxylic acids is 2. The lowest BCUT2D eigenvalue weighted by atomic mass is 10.1. The maximum Gasteiger partial charge on any atom is 0.338 e. The van der Waals surface area contributed by atoms with Crippen LogP contribution in [0.5, 0.6) is 0 Å². The lowest BCUT2D eigenvalue weighted by molar-refractivity contribution is -0.124. The van der Waals surface area contributed by atoms with Crippen molar-refractivity contribution in [1.29, 1.82) is 0 Å². The van der Waals surface area contributed by atoms with E-state index in [0.717, 1.165) is 21.6 Å². The fourth-order valence-corrected chi connectivity index (χ4v) is 3.60. The topological polar surface area (TPSA) is 55.4 Å². The van der Waals surface area contributed by atoms with Gasteiger partial charge in [-0.15, -0.1) is 11.3 Å². The Bertz CT molecular complexity index is 968. The number of benzene rings is 2. The van der Waals surface area contributed by atoms with E-state index in [-0.39, 0.29) is 5.82 Å². The molecule has 3 aromatic rings. The minimum atomic E-state index is -0.536. The van der Waals surface area contributed by atoms with Crippen molar-refractivity contribution in [3.63, 3.8) is 0 Å². The van der Waals surface area contributed by atoms with E-state index in [1.807, 2.05) is 43.5 Å². The highest BCUT2D eigenvalue weighted by Gasteiger charge is 2.19. The third-order valence-corrected chi connectivity index (χ3v) is 5.22. The molecular formula is C22H20FNO3S. The average molecular weight is 397 g/mol. The number of aryl methyl sites for hydroxylation is 2. The van der Waals surface area contributed by atoms with E-state index in [4.69, 9.17) is 4.74 Å². The van der Waals surface area contributed by atoms with E-state index in [1.54, 1.807) is 18.2 Å². The molecule has 0 bridgehead atoms. The van der Waals surface area contributed by atoms with Crippen molar-refractivity contribution in [2.75, 3.05) is 6.61 Å². The van der Waals surface area contributed by atoms with Gasteiger partial charge in [0.25, 0.3) is 5.91 Å². The van der Waals surface area contributed by atoms with Gasteiger partial charge in [0.2, 0.25) is 0 Å². The van der Waals surface area contributed by atoms with Crippen LogP contribution in [0.3, 0.4) is 0 Å². The Labute approximate surface area is 167 Å². The van der Waals surface area contributed by atoms with Gasteiger partial charge in [0.05, 0.1) is 11.6 Å². The number of nitrogens with one attached hydrogen (secondary N) is 1. The van der Waals surface area contributed by atoms with Crippen LogP contribution < -0.4 is 5.32 Å². The van der Waals surface area contributed by atoms with Gasteiger partial charge in [-0.3, -0.25) is 4.79 Å². The van der Waals surface area contributed by atoms with Crippen molar-refractivity contribution in [2.45, 2.75) is 19.9 Å². The smallest absolute Gasteiger partial charge is 0.338 e. The van der Waals surface area contributed by atoms with E-state index >= 15 is 0 Å². The summed E-state index contributed by atoms with van der Waals surface area (Å²) in [5.74, 6) is -1.31. The largest absolute Gasteiger partial charge is 0.452 e. The Hall–Kier alpha value is -2.99. The molecule has 0 aliphatic heterocycles. The number of hydrogen-bond donors (Lipinski definition) is 1. The summed E-state index contributed by atoms with van der Waals surface area (Å²) in [7, 11) is 0. The van der Waals surface area contributed by atoms with Crippen LogP contribution in [0.15, 0.2) is 60.0 Å². The molecule has 6 heteroatoms. The number of amides is 1. The number of halogens is 1. The minimum absolute atomic E-state index is 0.345. The van der Waals surface area contributed by atoms with Gasteiger partial charge in [-0.05, 0) is 54.6 Å². The van der Waals surface area contributed by atoms with E-state index < -0.39 is 24.5 Å². The van der Waals surface area contributed by atoms with Crippen molar-refractivity contribution in [3.05, 3.63) is 92.9 Å². The molecule has 1 atom stereocenters. The summed E-state index contributed by atoms with van der Waals surface area (Å²) in [5, 5.41) is 4.76. The monoisotopic (exact) mass is 397 g/mol. The van der Waals surface area contributed by atoms with Gasteiger partial charge in [0.15, 0.2) is 6.61 Å². The molecule has 0 unspecified atom stereocenters. The van der Waals surface area contributed by atoms with Gasteiger partial charge < -0.3 is 10.1 Å². The van der Waals surface area contributed by atoms with E-state index in [0.29, 0.717) is 5.56 Å². The summed E-state index contributed by atoms with van der Waals surface area (Å²) in [4.78, 5) is 25.6. The molecule has 2 aromatic carbocycles. The molecule has 0 radical (unpaired) electrons. The fraction of sp³-hybridized carbons (Fsp3) is 0.182. The standard InChI is InChI=1S/C22H20FNO3S/c1-14-5-6-15(2)18(12-14)22(26)27-13-20(25)24-21(19-4-3-11-28-19)16-7-9-17(23)10-8-16/h3-12,21H,13H2,1-2H3,(H,24,25)/t21-/m1/s1. The molecule has 144 valence electrons. The van der Waals surface area contributed by atoms with Crippen LogP contribution in [0.2, 0.25) is 0 Å². The quantitative estimate of drug-likeness (QED) is 0.620. The highest BCUT2D eigenvalue weighted by atomic mass is 32.1. The normalized spacial score (nSPS) is 11.7. The van der Waals surface area contributed by atoms with Gasteiger partial charge in [-0.25, -0.2) is 9.18 Å². The summed E-state index contributed by atoms with van der Waals surface area (Å²) in [6.07, 6.45) is 0. The van der Waals surface area contributed by atoms with Crippen molar-refractivity contribution in [1.82, 2.24) is 5.32 Å². The van der Waals surface area contributed by atoms with Crippen LogP contribution in [-0.4, -0.2) is 18.5 Å². The van der Waals surface area contributed by atoms with Gasteiger partial charge in [0, 0.05) is 4.88 Å². The summed E-state index contributed by atoms with van der Waals surface area (Å²) < 4.78 is 18.4. The number of rotatable bonds is 6. The first kappa shape index (κ1) is 19.8. The molecule has 1 heterocycles. The molecule has 0 saturated carbocycles. The van der Waals surface area contributed by atoms with E-state index in [1.165, 1.54) is 23.5 Å². The summed E-state index contributed by atoms with van der Waals surface area (Å²) >= 11 is 1.48. The Morgan fingerprint density at radius 1 is 1.11 bits per heavy atom. The number of ether oxygens (including phenoxy) is 1. The molecular weight excluding hydrogens is 377 g/mol. The molecule has 3 rings (SSSR count). The third-order valence-electron chi connectivity index (χ3n) is 4.28. The van der Waals surface area contributed by atoms with Gasteiger partial charge in [0.1, 0.15) is 5.82 Å². The maximum atomic E-state index is 13.2. The van der Waals surface area contributed by atoms with Crippen LogP contribution in [0.25, 0.3) is 0 Å². The number of thiophene rings is 1. The molecule has 4 nitrogen and oxygen atoms in total. The maximum absolute atomic E-state index is 13.2. The lowest BCUT2D eigenvalue weighted by Crippen LogP contribution is -2.32. The summed E-state index contributed by atoms with van der Waals surface area (Å²) in [5.41, 5.74) is 2.93. The zero-order valence-electron chi connectivity index (χ0n) is 15.6. The predicted octanol–water partition coefficient (Wildman–Crippen LogP) is 4.57. The van der Waals surface area contributed by atoms with Crippen LogP contribution in [0.4, 0.5) is 4.39 Å². The van der Waals surface area contributed by atoms with Crippen molar-refractivity contribution < 1.29 is 18.7 Å². The second-order valence-electron chi connectivity index (χ2n) is 6.46. The average Bonchev–Trinajstić information content (AvgIpc) is 3.21. The molecule has 0 fully saturated rings. The molecule has 1 aromatic heterocycles. The minimum Gasteiger partial charge on any atom is -0.452 e. The number of hydrogen-bond acceptors (Lipinski definition) is 4. The van der Waals surface area contributed by atoms with Crippen LogP contribution in [-0.2, 0) is 9.53 Å². The molecule has 0 saturated heterocycles. The molecule has 28 heavy (non-hydrogen) atoms. The van der Waals surface area contributed by atoms with Gasteiger partial charge in [-0.1, -0.05) is 35.9 Å². The van der Waals surface area contributed by atoms with Gasteiger partial charge in [-0.2, -0.15) is 0 Å². The Balaban J connectivity index is 1.68. The Morgan fingerprint density at radius 2 is 1.86 bits per heavy atom. The molecule has 0 aliphatic carbocycles. The Kier molecular flexibility index (Phi) is 6.21. The fourth-order valence-electron chi connectivity index (χ4n) is 2.80. The first-order valence-electron chi connectivity index (χ1n) is 8.76. The predicted molar refractivity (Wildman–Crippen MR) is 107 cm³/mol. The first-order valence-corrected chi connectivity index (χ1v) is 9.64. The second kappa shape index (κ2) is 8.80.